The van der Waals surface area contributed by atoms with Crippen molar-refractivity contribution in [2.24, 2.45) is 0 Å². The van der Waals surface area contributed by atoms with Gasteiger partial charge in [-0.15, -0.1) is 0 Å². The van der Waals surface area contributed by atoms with E-state index < -0.39 is 0 Å². The molecule has 1 aromatic heterocycles. The van der Waals surface area contributed by atoms with Crippen LogP contribution in [0.4, 0.5) is 5.82 Å². The summed E-state index contributed by atoms with van der Waals surface area (Å²) >= 11 is 0. The van der Waals surface area contributed by atoms with Crippen molar-refractivity contribution in [3.05, 3.63) is 36.0 Å². The summed E-state index contributed by atoms with van der Waals surface area (Å²) in [4.78, 5) is 8.49. The topological polar surface area (TPSA) is 61.0 Å². The number of methoxy groups -OCH3 is 1. The molecule has 4 nitrogen and oxygen atoms in total. The molecular formula is C12H13N3O. The van der Waals surface area contributed by atoms with Crippen molar-refractivity contribution in [3.8, 4) is 17.1 Å². The number of rotatable bonds is 2. The average Bonchev–Trinajstić information content (AvgIpc) is 2.32. The van der Waals surface area contributed by atoms with Gasteiger partial charge in [0.2, 0.25) is 0 Å². The van der Waals surface area contributed by atoms with Crippen LogP contribution in [0.25, 0.3) is 11.4 Å². The lowest BCUT2D eigenvalue weighted by Gasteiger charge is -2.07. The molecule has 82 valence electrons. The molecule has 0 aliphatic carbocycles. The van der Waals surface area contributed by atoms with E-state index in [1.165, 1.54) is 0 Å². The molecule has 0 unspecified atom stereocenters. The number of hydrogen-bond donors (Lipinski definition) is 1. The fraction of sp³-hybridized carbons (Fsp3) is 0.167. The number of benzene rings is 1. The Balaban J connectivity index is 2.54. The van der Waals surface area contributed by atoms with Crippen LogP contribution in [-0.4, -0.2) is 17.1 Å². The molecule has 2 N–H and O–H groups in total. The lowest BCUT2D eigenvalue weighted by Crippen LogP contribution is -1.99. The van der Waals surface area contributed by atoms with Crippen LogP contribution in [0, 0.1) is 6.92 Å². The summed E-state index contributed by atoms with van der Waals surface area (Å²) in [7, 11) is 1.62. The van der Waals surface area contributed by atoms with Crippen molar-refractivity contribution in [3.63, 3.8) is 0 Å². The van der Waals surface area contributed by atoms with E-state index in [0.29, 0.717) is 11.6 Å². The monoisotopic (exact) mass is 215 g/mol. The molecular weight excluding hydrogens is 202 g/mol. The first kappa shape index (κ1) is 10.4. The van der Waals surface area contributed by atoms with Gasteiger partial charge in [0.05, 0.1) is 12.7 Å². The lowest BCUT2D eigenvalue weighted by molar-refractivity contribution is 0.416. The van der Waals surface area contributed by atoms with Crippen LogP contribution in [-0.2, 0) is 0 Å². The Morgan fingerprint density at radius 2 is 2.00 bits per heavy atom. The lowest BCUT2D eigenvalue weighted by atomic mass is 10.2. The van der Waals surface area contributed by atoms with Crippen molar-refractivity contribution >= 4 is 5.82 Å². The number of hydrogen-bond acceptors (Lipinski definition) is 4. The summed E-state index contributed by atoms with van der Waals surface area (Å²) in [6.45, 7) is 1.88. The van der Waals surface area contributed by atoms with Gasteiger partial charge >= 0.3 is 0 Å². The van der Waals surface area contributed by atoms with E-state index in [1.54, 1.807) is 13.3 Å². The first-order valence-corrected chi connectivity index (χ1v) is 4.95. The Morgan fingerprint density at radius 3 is 2.69 bits per heavy atom. The molecule has 16 heavy (non-hydrogen) atoms. The number of nitrogens with two attached hydrogens (primary N) is 1. The molecule has 0 fully saturated rings. The van der Waals surface area contributed by atoms with E-state index in [2.05, 4.69) is 9.97 Å². The molecule has 4 heteroatoms. The molecule has 0 atom stereocenters. The van der Waals surface area contributed by atoms with Crippen LogP contribution in [0.2, 0.25) is 0 Å². The summed E-state index contributed by atoms with van der Waals surface area (Å²) < 4.78 is 5.25. The number of para-hydroxylation sites is 1. The standard InChI is InChI=1S/C12H13N3O/c1-8-7-14-12(15-11(8)13)9-5-3-4-6-10(9)16-2/h3-7H,1-2H3,(H2,13,14,15). The molecule has 0 aliphatic rings. The zero-order valence-corrected chi connectivity index (χ0v) is 9.27. The number of aryl methyl sites for hydroxylation is 1. The maximum absolute atomic E-state index is 5.76. The highest BCUT2D eigenvalue weighted by Crippen LogP contribution is 2.27. The van der Waals surface area contributed by atoms with Crippen molar-refractivity contribution in [1.82, 2.24) is 9.97 Å². The van der Waals surface area contributed by atoms with Crippen molar-refractivity contribution < 1.29 is 4.74 Å². The Hall–Kier alpha value is -2.10. The van der Waals surface area contributed by atoms with Gasteiger partial charge in [0.1, 0.15) is 11.6 Å². The molecule has 0 bridgehead atoms. The summed E-state index contributed by atoms with van der Waals surface area (Å²) in [5.41, 5.74) is 7.48. The molecule has 0 aliphatic heterocycles. The highest BCUT2D eigenvalue weighted by molar-refractivity contribution is 5.65. The van der Waals surface area contributed by atoms with Crippen molar-refractivity contribution in [2.75, 3.05) is 12.8 Å². The predicted molar refractivity (Wildman–Crippen MR) is 63.2 cm³/mol. The van der Waals surface area contributed by atoms with E-state index in [9.17, 15) is 0 Å². The highest BCUT2D eigenvalue weighted by atomic mass is 16.5. The minimum absolute atomic E-state index is 0.496. The number of ether oxygens (including phenoxy) is 1. The summed E-state index contributed by atoms with van der Waals surface area (Å²) in [6, 6.07) is 7.59. The van der Waals surface area contributed by atoms with Crippen molar-refractivity contribution in [2.45, 2.75) is 6.92 Å². The van der Waals surface area contributed by atoms with E-state index in [-0.39, 0.29) is 0 Å². The third-order valence-electron chi connectivity index (χ3n) is 2.36. The van der Waals surface area contributed by atoms with Crippen LogP contribution in [0.5, 0.6) is 5.75 Å². The minimum atomic E-state index is 0.496. The quantitative estimate of drug-likeness (QED) is 0.832. The largest absolute Gasteiger partial charge is 0.496 e. The smallest absolute Gasteiger partial charge is 0.165 e. The van der Waals surface area contributed by atoms with E-state index >= 15 is 0 Å². The first-order chi connectivity index (χ1) is 7.72. The predicted octanol–water partition coefficient (Wildman–Crippen LogP) is 2.04. The zero-order valence-electron chi connectivity index (χ0n) is 9.27. The van der Waals surface area contributed by atoms with E-state index in [1.807, 2.05) is 31.2 Å². The molecule has 0 radical (unpaired) electrons. The van der Waals surface area contributed by atoms with Crippen LogP contribution in [0.3, 0.4) is 0 Å². The number of aromatic nitrogens is 2. The van der Waals surface area contributed by atoms with Gasteiger partial charge in [-0.25, -0.2) is 9.97 Å². The van der Waals surface area contributed by atoms with Gasteiger partial charge < -0.3 is 10.5 Å². The third-order valence-corrected chi connectivity index (χ3v) is 2.36. The third kappa shape index (κ3) is 1.82. The van der Waals surface area contributed by atoms with Crippen LogP contribution in [0.1, 0.15) is 5.56 Å². The SMILES string of the molecule is COc1ccccc1-c1ncc(C)c(N)n1. The second-order valence-electron chi connectivity index (χ2n) is 3.46. The van der Waals surface area contributed by atoms with Gasteiger partial charge in [0, 0.05) is 11.8 Å². The van der Waals surface area contributed by atoms with Gasteiger partial charge in [-0.1, -0.05) is 12.1 Å². The second-order valence-corrected chi connectivity index (χ2v) is 3.46. The Labute approximate surface area is 94.1 Å². The minimum Gasteiger partial charge on any atom is -0.496 e. The van der Waals surface area contributed by atoms with Crippen LogP contribution in [0.15, 0.2) is 30.5 Å². The molecule has 1 aromatic carbocycles. The van der Waals surface area contributed by atoms with E-state index in [4.69, 9.17) is 10.5 Å². The van der Waals surface area contributed by atoms with Crippen LogP contribution < -0.4 is 10.5 Å². The molecule has 2 aromatic rings. The van der Waals surface area contributed by atoms with Crippen molar-refractivity contribution in [1.29, 1.82) is 0 Å². The van der Waals surface area contributed by atoms with Gasteiger partial charge in [0.15, 0.2) is 5.82 Å². The van der Waals surface area contributed by atoms with Gasteiger partial charge in [-0.3, -0.25) is 0 Å². The number of nitrogen functional groups attached to an aromatic ring is 1. The van der Waals surface area contributed by atoms with Gasteiger partial charge in [-0.05, 0) is 19.1 Å². The average molecular weight is 215 g/mol. The maximum Gasteiger partial charge on any atom is 0.165 e. The maximum atomic E-state index is 5.76. The fourth-order valence-corrected chi connectivity index (χ4v) is 1.41. The Kier molecular flexibility index (Phi) is 2.72. The summed E-state index contributed by atoms with van der Waals surface area (Å²) in [6.07, 6.45) is 1.71. The Morgan fingerprint density at radius 1 is 1.25 bits per heavy atom. The molecule has 0 saturated carbocycles. The molecule has 1 heterocycles. The number of anilines is 1. The van der Waals surface area contributed by atoms with Gasteiger partial charge in [-0.2, -0.15) is 0 Å². The zero-order chi connectivity index (χ0) is 11.5. The van der Waals surface area contributed by atoms with E-state index in [0.717, 1.165) is 16.9 Å². The number of nitrogens with zero attached hydrogens (tertiary/aromatic N) is 2. The molecule has 0 spiro atoms. The Bertz CT molecular complexity index is 511. The highest BCUT2D eigenvalue weighted by Gasteiger charge is 2.08. The normalized spacial score (nSPS) is 10.1. The molecule has 2 rings (SSSR count). The van der Waals surface area contributed by atoms with Gasteiger partial charge in [0.25, 0.3) is 0 Å². The van der Waals surface area contributed by atoms with Crippen LogP contribution >= 0.6 is 0 Å². The first-order valence-electron chi connectivity index (χ1n) is 4.95. The summed E-state index contributed by atoms with van der Waals surface area (Å²) in [5.74, 6) is 1.82. The summed E-state index contributed by atoms with van der Waals surface area (Å²) in [5, 5.41) is 0. The fourth-order valence-electron chi connectivity index (χ4n) is 1.41. The second kappa shape index (κ2) is 4.18. The molecule has 0 amide bonds. The molecule has 0 saturated heterocycles.